The smallest absolute Gasteiger partial charge is 0.419 e. The quantitative estimate of drug-likeness (QED) is 0.344. The van der Waals surface area contributed by atoms with Gasteiger partial charge in [-0.25, -0.2) is 9.78 Å². The van der Waals surface area contributed by atoms with Crippen molar-refractivity contribution in [1.29, 1.82) is 0 Å². The Morgan fingerprint density at radius 3 is 2.57 bits per heavy atom. The third-order valence-electron chi connectivity index (χ3n) is 5.37. The number of hydrogen-bond donors (Lipinski definition) is 0. The van der Waals surface area contributed by atoms with E-state index >= 15 is 0 Å². The lowest BCUT2D eigenvalue weighted by molar-refractivity contribution is 0.173. The van der Waals surface area contributed by atoms with Crippen molar-refractivity contribution >= 4 is 17.0 Å². The number of fused-ring (bicyclic) bond motifs is 1. The molecular weight excluding hydrogens is 442 g/mol. The van der Waals surface area contributed by atoms with Crippen molar-refractivity contribution in [1.82, 2.24) is 14.9 Å². The SMILES string of the molecule is Cc1ccc(Oc2ccc(OCC3=CCN(C(=O)Oc4ccc5cccnc5c4)C=C3)cc2)nc1. The molecule has 7 nitrogen and oxygen atoms in total. The van der Waals surface area contributed by atoms with E-state index < -0.39 is 6.09 Å². The molecule has 0 bridgehead atoms. The summed E-state index contributed by atoms with van der Waals surface area (Å²) in [6.07, 6.45) is 8.50. The zero-order valence-electron chi connectivity index (χ0n) is 19.1. The van der Waals surface area contributed by atoms with Gasteiger partial charge >= 0.3 is 6.09 Å². The topological polar surface area (TPSA) is 73.8 Å². The maximum Gasteiger partial charge on any atom is 0.419 e. The fourth-order valence-electron chi connectivity index (χ4n) is 3.45. The molecule has 4 aromatic rings. The van der Waals surface area contributed by atoms with Gasteiger partial charge in [-0.3, -0.25) is 9.88 Å². The molecule has 174 valence electrons. The molecule has 5 rings (SSSR count). The van der Waals surface area contributed by atoms with Crippen LogP contribution >= 0.6 is 0 Å². The lowest BCUT2D eigenvalue weighted by Crippen LogP contribution is -2.30. The van der Waals surface area contributed by atoms with Crippen LogP contribution in [-0.2, 0) is 0 Å². The number of pyridine rings is 2. The Hall–Kier alpha value is -4.65. The highest BCUT2D eigenvalue weighted by atomic mass is 16.6. The Balaban J connectivity index is 1.11. The lowest BCUT2D eigenvalue weighted by atomic mass is 10.2. The van der Waals surface area contributed by atoms with Crippen LogP contribution in [0.4, 0.5) is 4.79 Å². The summed E-state index contributed by atoms with van der Waals surface area (Å²) in [7, 11) is 0. The van der Waals surface area contributed by atoms with Gasteiger partial charge < -0.3 is 14.2 Å². The van der Waals surface area contributed by atoms with E-state index in [1.54, 1.807) is 30.7 Å². The number of carbonyl (C=O) groups is 1. The molecule has 2 aromatic heterocycles. The molecule has 1 aliphatic rings. The second-order valence-electron chi connectivity index (χ2n) is 8.01. The maximum atomic E-state index is 12.5. The highest BCUT2D eigenvalue weighted by Gasteiger charge is 2.16. The molecule has 0 radical (unpaired) electrons. The number of aryl methyl sites for hydroxylation is 1. The van der Waals surface area contributed by atoms with Crippen LogP contribution in [0.1, 0.15) is 5.56 Å². The Labute approximate surface area is 202 Å². The molecule has 7 heteroatoms. The average molecular weight is 466 g/mol. The van der Waals surface area contributed by atoms with Crippen molar-refractivity contribution in [3.63, 3.8) is 0 Å². The first-order valence-corrected chi connectivity index (χ1v) is 11.2. The van der Waals surface area contributed by atoms with Gasteiger partial charge in [0.05, 0.1) is 5.52 Å². The summed E-state index contributed by atoms with van der Waals surface area (Å²) >= 11 is 0. The number of benzene rings is 2. The fourth-order valence-corrected chi connectivity index (χ4v) is 3.45. The van der Waals surface area contributed by atoms with E-state index in [0.717, 1.165) is 27.8 Å². The second-order valence-corrected chi connectivity index (χ2v) is 8.01. The zero-order chi connectivity index (χ0) is 24.0. The predicted octanol–water partition coefficient (Wildman–Crippen LogP) is 6.06. The van der Waals surface area contributed by atoms with Crippen LogP contribution in [-0.4, -0.2) is 34.1 Å². The van der Waals surface area contributed by atoms with E-state index in [2.05, 4.69) is 9.97 Å². The van der Waals surface area contributed by atoms with E-state index in [4.69, 9.17) is 14.2 Å². The highest BCUT2D eigenvalue weighted by Crippen LogP contribution is 2.24. The summed E-state index contributed by atoms with van der Waals surface area (Å²) in [5.74, 6) is 2.40. The lowest BCUT2D eigenvalue weighted by Gasteiger charge is -2.20. The largest absolute Gasteiger partial charge is 0.489 e. The van der Waals surface area contributed by atoms with Crippen molar-refractivity contribution in [2.24, 2.45) is 0 Å². The third kappa shape index (κ3) is 5.65. The van der Waals surface area contributed by atoms with E-state index in [0.29, 0.717) is 30.5 Å². The van der Waals surface area contributed by atoms with Gasteiger partial charge in [-0.15, -0.1) is 0 Å². The summed E-state index contributed by atoms with van der Waals surface area (Å²) in [6.45, 7) is 2.76. The minimum Gasteiger partial charge on any atom is -0.489 e. The van der Waals surface area contributed by atoms with Gasteiger partial charge in [-0.2, -0.15) is 0 Å². The minimum absolute atomic E-state index is 0.384. The van der Waals surface area contributed by atoms with Crippen molar-refractivity contribution in [3.8, 4) is 23.1 Å². The predicted molar refractivity (Wildman–Crippen MR) is 133 cm³/mol. The van der Waals surface area contributed by atoms with Crippen LogP contribution in [0.2, 0.25) is 0 Å². The van der Waals surface area contributed by atoms with E-state index in [1.165, 1.54) is 4.90 Å². The van der Waals surface area contributed by atoms with Crippen LogP contribution in [0.3, 0.4) is 0 Å². The molecule has 0 unspecified atom stereocenters. The van der Waals surface area contributed by atoms with Crippen molar-refractivity contribution < 1.29 is 19.0 Å². The number of carbonyl (C=O) groups excluding carboxylic acids is 1. The summed E-state index contributed by atoms with van der Waals surface area (Å²) in [4.78, 5) is 22.6. The van der Waals surface area contributed by atoms with Crippen LogP contribution in [0.5, 0.6) is 23.1 Å². The standard InChI is InChI=1S/C28H23N3O4/c1-20-4-11-27(30-18-20)34-24-9-7-23(8-10-24)33-19-21-12-15-31(16-13-21)28(32)35-25-6-5-22-3-2-14-29-26(22)17-25/h2-15,17-18H,16,19H2,1H3. The maximum absolute atomic E-state index is 12.5. The average Bonchev–Trinajstić information content (AvgIpc) is 2.90. The number of nitrogens with zero attached hydrogens (tertiary/aromatic N) is 3. The molecular formula is C28H23N3O4. The van der Waals surface area contributed by atoms with Crippen molar-refractivity contribution in [2.75, 3.05) is 13.2 Å². The summed E-state index contributed by atoms with van der Waals surface area (Å²) < 4.78 is 17.1. The molecule has 0 fully saturated rings. The molecule has 0 aliphatic carbocycles. The molecule has 0 N–H and O–H groups in total. The fraction of sp³-hybridized carbons (Fsp3) is 0.107. The normalized spacial score (nSPS) is 12.8. The Bertz CT molecular complexity index is 1400. The van der Waals surface area contributed by atoms with Crippen molar-refractivity contribution in [2.45, 2.75) is 6.92 Å². The number of amides is 1. The molecule has 1 amide bonds. The monoisotopic (exact) mass is 465 g/mol. The first kappa shape index (κ1) is 22.2. The molecule has 35 heavy (non-hydrogen) atoms. The van der Waals surface area contributed by atoms with Gasteiger partial charge in [0.2, 0.25) is 5.88 Å². The first-order chi connectivity index (χ1) is 17.1. The van der Waals surface area contributed by atoms with Crippen LogP contribution in [0.15, 0.2) is 103 Å². The van der Waals surface area contributed by atoms with Gasteiger partial charge in [-0.05, 0) is 66.6 Å². The summed E-state index contributed by atoms with van der Waals surface area (Å²) in [5.41, 5.74) is 2.82. The van der Waals surface area contributed by atoms with E-state index in [1.807, 2.05) is 73.7 Å². The molecule has 0 saturated heterocycles. The van der Waals surface area contributed by atoms with Gasteiger partial charge in [0.25, 0.3) is 0 Å². The van der Waals surface area contributed by atoms with E-state index in [9.17, 15) is 4.79 Å². The van der Waals surface area contributed by atoms with Gasteiger partial charge in [0.15, 0.2) is 0 Å². The molecule has 0 spiro atoms. The van der Waals surface area contributed by atoms with Gasteiger partial charge in [0, 0.05) is 42.7 Å². The van der Waals surface area contributed by atoms with Crippen LogP contribution < -0.4 is 14.2 Å². The first-order valence-electron chi connectivity index (χ1n) is 11.2. The molecule has 3 heterocycles. The molecule has 0 atom stereocenters. The Kier molecular flexibility index (Phi) is 6.39. The number of hydrogen-bond acceptors (Lipinski definition) is 6. The highest BCUT2D eigenvalue weighted by molar-refractivity contribution is 5.81. The van der Waals surface area contributed by atoms with Crippen LogP contribution in [0, 0.1) is 6.92 Å². The number of ether oxygens (including phenoxy) is 3. The van der Waals surface area contributed by atoms with Gasteiger partial charge in [-0.1, -0.05) is 18.2 Å². The number of rotatable bonds is 6. The molecule has 2 aromatic carbocycles. The Morgan fingerprint density at radius 2 is 1.80 bits per heavy atom. The van der Waals surface area contributed by atoms with Gasteiger partial charge in [0.1, 0.15) is 23.9 Å². The third-order valence-corrected chi connectivity index (χ3v) is 5.37. The zero-order valence-corrected chi connectivity index (χ0v) is 19.1. The van der Waals surface area contributed by atoms with Crippen molar-refractivity contribution in [3.05, 3.63) is 109 Å². The van der Waals surface area contributed by atoms with Crippen LogP contribution in [0.25, 0.3) is 10.9 Å². The van der Waals surface area contributed by atoms with E-state index in [-0.39, 0.29) is 0 Å². The summed E-state index contributed by atoms with van der Waals surface area (Å²) in [5, 5.41) is 0.989. The minimum atomic E-state index is -0.452. The molecule has 1 aliphatic heterocycles. The second kappa shape index (κ2) is 10.1. The molecule has 0 saturated carbocycles. The Morgan fingerprint density at radius 1 is 0.971 bits per heavy atom. The summed E-state index contributed by atoms with van der Waals surface area (Å²) in [6, 6.07) is 20.4. The number of aromatic nitrogens is 2.